The van der Waals surface area contributed by atoms with Crippen LogP contribution in [0, 0.1) is 0 Å². The summed E-state index contributed by atoms with van der Waals surface area (Å²) < 4.78 is 5.88. The molecule has 2 aromatic carbocycles. The molecule has 5 heteroatoms. The van der Waals surface area contributed by atoms with Crippen LogP contribution >= 0.6 is 0 Å². The number of carbonyl (C=O) groups excluding carboxylic acids is 1. The summed E-state index contributed by atoms with van der Waals surface area (Å²) in [7, 11) is 0. The first-order chi connectivity index (χ1) is 13.1. The van der Waals surface area contributed by atoms with Crippen molar-refractivity contribution in [3.8, 4) is 0 Å². The first-order valence-corrected chi connectivity index (χ1v) is 8.78. The minimum absolute atomic E-state index is 0.158. The molecule has 0 bridgehead atoms. The van der Waals surface area contributed by atoms with Gasteiger partial charge in [0, 0.05) is 12.6 Å². The van der Waals surface area contributed by atoms with Crippen molar-refractivity contribution in [2.75, 3.05) is 5.32 Å². The topological polar surface area (TPSA) is 68.0 Å². The Bertz CT molecular complexity index is 1030. The first-order valence-electron chi connectivity index (χ1n) is 8.78. The van der Waals surface area contributed by atoms with Crippen molar-refractivity contribution >= 4 is 22.8 Å². The summed E-state index contributed by atoms with van der Waals surface area (Å²) in [5, 5.41) is 2.92. The zero-order chi connectivity index (χ0) is 18.7. The van der Waals surface area contributed by atoms with Gasteiger partial charge in [-0.25, -0.2) is 9.97 Å². The second kappa shape index (κ2) is 7.03. The van der Waals surface area contributed by atoms with E-state index in [1.807, 2.05) is 73.7 Å². The third-order valence-electron chi connectivity index (χ3n) is 4.66. The molecule has 0 radical (unpaired) electrons. The van der Waals surface area contributed by atoms with Crippen LogP contribution < -0.4 is 5.32 Å². The Balaban J connectivity index is 1.70. The van der Waals surface area contributed by atoms with Crippen LogP contribution in [-0.4, -0.2) is 15.9 Å². The molecule has 0 fully saturated rings. The first kappa shape index (κ1) is 17.0. The fraction of sp³-hybridized carbons (Fsp3) is 0.136. The van der Waals surface area contributed by atoms with E-state index in [4.69, 9.17) is 4.42 Å². The molecule has 0 saturated carbocycles. The Morgan fingerprint density at radius 1 is 1.00 bits per heavy atom. The van der Waals surface area contributed by atoms with Crippen LogP contribution in [0.5, 0.6) is 0 Å². The van der Waals surface area contributed by atoms with Crippen molar-refractivity contribution in [2.24, 2.45) is 0 Å². The average Bonchev–Trinajstić information content (AvgIpc) is 3.11. The Labute approximate surface area is 157 Å². The van der Waals surface area contributed by atoms with Gasteiger partial charge in [-0.3, -0.25) is 4.79 Å². The molecule has 4 aromatic rings. The molecule has 0 aliphatic carbocycles. The number of aromatic nitrogens is 2. The van der Waals surface area contributed by atoms with E-state index in [9.17, 15) is 4.79 Å². The van der Waals surface area contributed by atoms with Crippen LogP contribution in [0.1, 0.15) is 18.4 Å². The maximum absolute atomic E-state index is 13.2. The molecule has 0 aliphatic rings. The van der Waals surface area contributed by atoms with Crippen molar-refractivity contribution in [1.82, 2.24) is 9.97 Å². The average molecular weight is 357 g/mol. The Hall–Kier alpha value is -3.47. The number of benzene rings is 2. The molecule has 0 aliphatic heterocycles. The summed E-state index contributed by atoms with van der Waals surface area (Å²) in [5.41, 5.74) is 1.53. The monoisotopic (exact) mass is 357 g/mol. The van der Waals surface area contributed by atoms with E-state index in [1.54, 1.807) is 12.3 Å². The van der Waals surface area contributed by atoms with Gasteiger partial charge in [-0.05, 0) is 36.8 Å². The maximum Gasteiger partial charge on any atom is 0.236 e. The quantitative estimate of drug-likeness (QED) is 0.576. The molecule has 2 heterocycles. The number of hydrogen-bond acceptors (Lipinski definition) is 4. The highest BCUT2D eigenvalue weighted by Gasteiger charge is 2.37. The van der Waals surface area contributed by atoms with Gasteiger partial charge in [0.25, 0.3) is 0 Å². The lowest BCUT2D eigenvalue weighted by Crippen LogP contribution is -2.40. The minimum Gasteiger partial charge on any atom is -0.441 e. The van der Waals surface area contributed by atoms with Gasteiger partial charge in [0.05, 0.1) is 5.41 Å². The molecule has 4 rings (SSSR count). The Morgan fingerprint density at radius 2 is 1.74 bits per heavy atom. The van der Waals surface area contributed by atoms with Crippen LogP contribution in [0.25, 0.3) is 11.1 Å². The highest BCUT2D eigenvalue weighted by Crippen LogP contribution is 2.30. The van der Waals surface area contributed by atoms with E-state index >= 15 is 0 Å². The number of amides is 1. The third-order valence-corrected chi connectivity index (χ3v) is 4.66. The molecule has 1 atom stereocenters. The largest absolute Gasteiger partial charge is 0.441 e. The third kappa shape index (κ3) is 3.44. The van der Waals surface area contributed by atoms with Crippen LogP contribution in [0.15, 0.2) is 83.4 Å². The number of rotatable bonds is 5. The predicted molar refractivity (Wildman–Crippen MR) is 104 cm³/mol. The van der Waals surface area contributed by atoms with Gasteiger partial charge >= 0.3 is 0 Å². The van der Waals surface area contributed by atoms with Gasteiger partial charge in [-0.1, -0.05) is 48.5 Å². The van der Waals surface area contributed by atoms with Crippen LogP contribution in [0.4, 0.5) is 5.82 Å². The zero-order valence-electron chi connectivity index (χ0n) is 14.9. The number of fused-ring (bicyclic) bond motifs is 1. The molecule has 1 N–H and O–H groups in total. The minimum atomic E-state index is -0.861. The van der Waals surface area contributed by atoms with Gasteiger partial charge in [-0.15, -0.1) is 0 Å². The van der Waals surface area contributed by atoms with Crippen molar-refractivity contribution in [1.29, 1.82) is 0 Å². The number of anilines is 1. The van der Waals surface area contributed by atoms with E-state index in [0.29, 0.717) is 23.7 Å². The van der Waals surface area contributed by atoms with E-state index in [0.717, 1.165) is 11.1 Å². The summed E-state index contributed by atoms with van der Waals surface area (Å²) in [6.07, 6.45) is 1.99. The fourth-order valence-corrected chi connectivity index (χ4v) is 3.11. The van der Waals surface area contributed by atoms with Gasteiger partial charge in [0.2, 0.25) is 5.91 Å². The van der Waals surface area contributed by atoms with E-state index < -0.39 is 5.41 Å². The highest BCUT2D eigenvalue weighted by atomic mass is 16.3. The number of hydrogen-bond donors (Lipinski definition) is 1. The van der Waals surface area contributed by atoms with Gasteiger partial charge < -0.3 is 9.73 Å². The SMILES string of the molecule is CC(Cc1nc2ccccc2o1)(C(=O)Nc1ccccn1)c1ccccc1. The molecule has 0 saturated heterocycles. The lowest BCUT2D eigenvalue weighted by atomic mass is 9.78. The number of pyridine rings is 1. The fourth-order valence-electron chi connectivity index (χ4n) is 3.11. The van der Waals surface area contributed by atoms with E-state index in [2.05, 4.69) is 15.3 Å². The Kier molecular flexibility index (Phi) is 4.42. The van der Waals surface area contributed by atoms with Crippen molar-refractivity contribution in [2.45, 2.75) is 18.8 Å². The van der Waals surface area contributed by atoms with Crippen molar-refractivity contribution in [3.05, 3.63) is 90.4 Å². The zero-order valence-corrected chi connectivity index (χ0v) is 14.9. The molecule has 134 valence electrons. The molecule has 2 aromatic heterocycles. The van der Waals surface area contributed by atoms with Crippen LogP contribution in [0.3, 0.4) is 0 Å². The van der Waals surface area contributed by atoms with Gasteiger partial charge in [0.1, 0.15) is 11.3 Å². The summed E-state index contributed by atoms with van der Waals surface area (Å²) in [6, 6.07) is 22.7. The summed E-state index contributed by atoms with van der Waals surface area (Å²) >= 11 is 0. The second-order valence-electron chi connectivity index (χ2n) is 6.62. The molecular weight excluding hydrogens is 338 g/mol. The smallest absolute Gasteiger partial charge is 0.236 e. The number of carbonyl (C=O) groups is 1. The predicted octanol–water partition coefficient (Wildman–Crippen LogP) is 4.36. The standard InChI is InChI=1S/C22H19N3O2/c1-22(16-9-3-2-4-10-16,21(26)25-19-13-7-8-14-23-19)15-20-24-17-11-5-6-12-18(17)27-20/h2-14H,15H2,1H3,(H,23,25,26). The number of nitrogens with one attached hydrogen (secondary N) is 1. The number of oxazole rings is 1. The Morgan fingerprint density at radius 3 is 2.48 bits per heavy atom. The van der Waals surface area contributed by atoms with Crippen molar-refractivity contribution < 1.29 is 9.21 Å². The molecule has 1 unspecified atom stereocenters. The normalized spacial score (nSPS) is 13.2. The van der Waals surface area contributed by atoms with Crippen LogP contribution in [0.2, 0.25) is 0 Å². The van der Waals surface area contributed by atoms with E-state index in [-0.39, 0.29) is 5.91 Å². The summed E-state index contributed by atoms with van der Waals surface area (Å²) in [5.74, 6) is 0.885. The highest BCUT2D eigenvalue weighted by molar-refractivity contribution is 5.98. The number of nitrogens with zero attached hydrogens (tertiary/aromatic N) is 2. The lowest BCUT2D eigenvalue weighted by Gasteiger charge is -2.27. The second-order valence-corrected chi connectivity index (χ2v) is 6.62. The molecule has 27 heavy (non-hydrogen) atoms. The van der Waals surface area contributed by atoms with Crippen LogP contribution in [-0.2, 0) is 16.6 Å². The molecule has 5 nitrogen and oxygen atoms in total. The van der Waals surface area contributed by atoms with Gasteiger partial charge in [-0.2, -0.15) is 0 Å². The summed E-state index contributed by atoms with van der Waals surface area (Å²) in [4.78, 5) is 22.0. The molecular formula is C22H19N3O2. The molecule has 1 amide bonds. The van der Waals surface area contributed by atoms with Crippen molar-refractivity contribution in [3.63, 3.8) is 0 Å². The summed E-state index contributed by atoms with van der Waals surface area (Å²) in [6.45, 7) is 1.90. The number of para-hydroxylation sites is 2. The van der Waals surface area contributed by atoms with Gasteiger partial charge in [0.15, 0.2) is 11.5 Å². The molecule has 0 spiro atoms. The van der Waals surface area contributed by atoms with E-state index in [1.165, 1.54) is 0 Å². The lowest BCUT2D eigenvalue weighted by molar-refractivity contribution is -0.121. The maximum atomic E-state index is 13.2.